The summed E-state index contributed by atoms with van der Waals surface area (Å²) in [5, 5.41) is 2.47. The number of para-hydroxylation sites is 1. The van der Waals surface area contributed by atoms with E-state index in [1.807, 2.05) is 18.5 Å². The molecule has 4 nitrogen and oxygen atoms in total. The van der Waals surface area contributed by atoms with Crippen molar-refractivity contribution < 1.29 is 0 Å². The van der Waals surface area contributed by atoms with Crippen LogP contribution >= 0.6 is 0 Å². The van der Waals surface area contributed by atoms with Gasteiger partial charge in [0.05, 0.1) is 22.6 Å². The van der Waals surface area contributed by atoms with Gasteiger partial charge < -0.3 is 9.55 Å². The zero-order valence-electron chi connectivity index (χ0n) is 20.1. The highest BCUT2D eigenvalue weighted by atomic mass is 15.0. The second kappa shape index (κ2) is 8.92. The minimum atomic E-state index is 0.0349. The first kappa shape index (κ1) is 21.3. The summed E-state index contributed by atoms with van der Waals surface area (Å²) < 4.78 is 2.36. The Kier molecular flexibility index (Phi) is 5.14. The first-order chi connectivity index (χ1) is 18.4. The minimum Gasteiger partial charge on any atom is -0.345 e. The zero-order chi connectivity index (χ0) is 24.6. The van der Waals surface area contributed by atoms with E-state index >= 15 is 0 Å². The second-order valence-electron chi connectivity index (χ2n) is 9.22. The van der Waals surface area contributed by atoms with Crippen LogP contribution in [0.15, 0.2) is 134 Å². The lowest BCUT2D eigenvalue weighted by Crippen LogP contribution is -2.05. The second-order valence-corrected chi connectivity index (χ2v) is 9.22. The van der Waals surface area contributed by atoms with Gasteiger partial charge in [0, 0.05) is 40.6 Å². The molecule has 7 rings (SSSR count). The average Bonchev–Trinajstić information content (AvgIpc) is 3.61. The molecule has 4 heteroatoms. The molecule has 0 aliphatic carbocycles. The van der Waals surface area contributed by atoms with Gasteiger partial charge in [0.25, 0.3) is 0 Å². The number of hydrogen-bond acceptors (Lipinski definition) is 2. The molecule has 3 heterocycles. The van der Waals surface area contributed by atoms with E-state index < -0.39 is 0 Å². The van der Waals surface area contributed by atoms with Crippen LogP contribution in [-0.4, -0.2) is 19.5 Å². The SMILES string of the molecule is c1ccc([C@@H](c2ccc3c4ccccc4n(-c4cccc(-c5ncc[nH]5)c4)c3c2)c2ccccn2)cc1. The van der Waals surface area contributed by atoms with Gasteiger partial charge in [0.15, 0.2) is 0 Å². The van der Waals surface area contributed by atoms with Crippen molar-refractivity contribution in [2.75, 3.05) is 0 Å². The molecule has 1 N–H and O–H groups in total. The Morgan fingerprint density at radius 2 is 1.43 bits per heavy atom. The maximum Gasteiger partial charge on any atom is 0.137 e. The Labute approximate surface area is 214 Å². The lowest BCUT2D eigenvalue weighted by molar-refractivity contribution is 0.919. The van der Waals surface area contributed by atoms with Crippen molar-refractivity contribution in [3.8, 4) is 17.1 Å². The van der Waals surface area contributed by atoms with Crippen LogP contribution in [0.1, 0.15) is 22.7 Å². The lowest BCUT2D eigenvalue weighted by atomic mass is 9.87. The van der Waals surface area contributed by atoms with Crippen molar-refractivity contribution in [1.82, 2.24) is 19.5 Å². The molecule has 7 aromatic rings. The first-order valence-electron chi connectivity index (χ1n) is 12.5. The fourth-order valence-corrected chi connectivity index (χ4v) is 5.39. The number of nitrogens with zero attached hydrogens (tertiary/aromatic N) is 3. The van der Waals surface area contributed by atoms with Crippen LogP contribution in [0.4, 0.5) is 0 Å². The molecule has 0 bridgehead atoms. The largest absolute Gasteiger partial charge is 0.345 e. The van der Waals surface area contributed by atoms with E-state index in [0.29, 0.717) is 0 Å². The molecular weight excluding hydrogens is 452 g/mol. The van der Waals surface area contributed by atoms with Gasteiger partial charge in [-0.3, -0.25) is 4.98 Å². The van der Waals surface area contributed by atoms with Crippen LogP contribution in [0.5, 0.6) is 0 Å². The lowest BCUT2D eigenvalue weighted by Gasteiger charge is -2.18. The van der Waals surface area contributed by atoms with E-state index in [1.54, 1.807) is 6.20 Å². The number of rotatable bonds is 5. The summed E-state index contributed by atoms with van der Waals surface area (Å²) in [6.07, 6.45) is 5.52. The Morgan fingerprint density at radius 1 is 0.595 bits per heavy atom. The molecule has 0 aliphatic rings. The number of aromatic amines is 1. The van der Waals surface area contributed by atoms with Crippen LogP contribution in [0, 0.1) is 0 Å². The molecule has 0 saturated heterocycles. The van der Waals surface area contributed by atoms with Crippen molar-refractivity contribution in [2.24, 2.45) is 0 Å². The smallest absolute Gasteiger partial charge is 0.137 e. The van der Waals surface area contributed by atoms with Crippen molar-refractivity contribution in [2.45, 2.75) is 5.92 Å². The highest BCUT2D eigenvalue weighted by molar-refractivity contribution is 6.09. The number of aromatic nitrogens is 4. The van der Waals surface area contributed by atoms with E-state index in [4.69, 9.17) is 4.98 Å². The summed E-state index contributed by atoms with van der Waals surface area (Å²) in [5.41, 5.74) is 7.99. The third-order valence-corrected chi connectivity index (χ3v) is 7.02. The maximum atomic E-state index is 4.76. The van der Waals surface area contributed by atoms with Gasteiger partial charge in [-0.25, -0.2) is 4.98 Å². The predicted octanol–water partition coefficient (Wildman–Crippen LogP) is 7.75. The molecule has 0 spiro atoms. The summed E-state index contributed by atoms with van der Waals surface area (Å²) in [4.78, 5) is 12.5. The quantitative estimate of drug-likeness (QED) is 0.276. The van der Waals surface area contributed by atoms with Crippen LogP contribution < -0.4 is 0 Å². The molecule has 0 fully saturated rings. The summed E-state index contributed by atoms with van der Waals surface area (Å²) in [7, 11) is 0. The van der Waals surface area contributed by atoms with Crippen LogP contribution in [-0.2, 0) is 0 Å². The van der Waals surface area contributed by atoms with E-state index in [0.717, 1.165) is 22.8 Å². The third-order valence-electron chi connectivity index (χ3n) is 7.02. The fraction of sp³-hybridized carbons (Fsp3) is 0.0303. The van der Waals surface area contributed by atoms with Gasteiger partial charge in [-0.15, -0.1) is 0 Å². The number of H-pyrrole nitrogens is 1. The molecule has 3 aromatic heterocycles. The van der Waals surface area contributed by atoms with Gasteiger partial charge in [0.1, 0.15) is 5.82 Å². The molecule has 0 radical (unpaired) electrons. The number of fused-ring (bicyclic) bond motifs is 3. The van der Waals surface area contributed by atoms with Crippen molar-refractivity contribution in [3.05, 3.63) is 151 Å². The van der Waals surface area contributed by atoms with Crippen molar-refractivity contribution in [1.29, 1.82) is 0 Å². The topological polar surface area (TPSA) is 46.5 Å². The normalized spacial score (nSPS) is 12.2. The molecule has 1 atom stereocenters. The number of pyridine rings is 1. The molecule has 176 valence electrons. The van der Waals surface area contributed by atoms with Crippen LogP contribution in [0.3, 0.4) is 0 Å². The number of benzene rings is 4. The molecule has 37 heavy (non-hydrogen) atoms. The van der Waals surface area contributed by atoms with E-state index in [2.05, 4.69) is 124 Å². The number of imidazole rings is 1. The Bertz CT molecular complexity index is 1780. The number of hydrogen-bond donors (Lipinski definition) is 1. The van der Waals surface area contributed by atoms with E-state index in [1.165, 1.54) is 32.9 Å². The van der Waals surface area contributed by atoms with Gasteiger partial charge in [0.2, 0.25) is 0 Å². The molecule has 0 aliphatic heterocycles. The summed E-state index contributed by atoms with van der Waals surface area (Å²) in [5.74, 6) is 0.898. The predicted molar refractivity (Wildman–Crippen MR) is 150 cm³/mol. The van der Waals surface area contributed by atoms with Crippen molar-refractivity contribution in [3.63, 3.8) is 0 Å². The van der Waals surface area contributed by atoms with Gasteiger partial charge >= 0.3 is 0 Å². The monoisotopic (exact) mass is 476 g/mol. The number of nitrogens with one attached hydrogen (secondary N) is 1. The van der Waals surface area contributed by atoms with Crippen LogP contribution in [0.25, 0.3) is 38.9 Å². The third kappa shape index (κ3) is 3.71. The fourth-order valence-electron chi connectivity index (χ4n) is 5.39. The maximum absolute atomic E-state index is 4.76. The molecular formula is C33H24N4. The average molecular weight is 477 g/mol. The Hall–Kier alpha value is -4.96. The molecule has 0 amide bonds. The summed E-state index contributed by atoms with van der Waals surface area (Å²) in [6.45, 7) is 0. The molecule has 0 saturated carbocycles. The Morgan fingerprint density at radius 3 is 2.27 bits per heavy atom. The summed E-state index contributed by atoms with van der Waals surface area (Å²) >= 11 is 0. The Balaban J connectivity index is 1.48. The standard InChI is InChI=1S/C33H24N4/c1-2-9-23(10-3-1)32(29-14-6-7-18-34-29)24-16-17-28-27-13-4-5-15-30(27)37(31(28)22-24)26-12-8-11-25(21-26)33-35-19-20-36-33/h1-22,32H,(H,35,36)/t32-/m0/s1. The van der Waals surface area contributed by atoms with E-state index in [-0.39, 0.29) is 5.92 Å². The van der Waals surface area contributed by atoms with Crippen molar-refractivity contribution >= 4 is 21.8 Å². The van der Waals surface area contributed by atoms with Gasteiger partial charge in [-0.05, 0) is 47.5 Å². The summed E-state index contributed by atoms with van der Waals surface area (Å²) in [6, 6.07) is 40.8. The van der Waals surface area contributed by atoms with Gasteiger partial charge in [-0.1, -0.05) is 78.9 Å². The van der Waals surface area contributed by atoms with Gasteiger partial charge in [-0.2, -0.15) is 0 Å². The molecule has 0 unspecified atom stereocenters. The minimum absolute atomic E-state index is 0.0349. The highest BCUT2D eigenvalue weighted by Gasteiger charge is 2.20. The highest BCUT2D eigenvalue weighted by Crippen LogP contribution is 2.37. The van der Waals surface area contributed by atoms with E-state index in [9.17, 15) is 0 Å². The first-order valence-corrected chi connectivity index (χ1v) is 12.5. The molecule has 4 aromatic carbocycles. The zero-order valence-corrected chi connectivity index (χ0v) is 20.1. The van der Waals surface area contributed by atoms with Crippen LogP contribution in [0.2, 0.25) is 0 Å².